The minimum absolute atomic E-state index is 0.0396. The molecule has 4 rings (SSSR count). The van der Waals surface area contributed by atoms with Crippen molar-refractivity contribution in [3.8, 4) is 0 Å². The van der Waals surface area contributed by atoms with Crippen molar-refractivity contribution in [3.63, 3.8) is 0 Å². The first kappa shape index (κ1) is 15.8. The summed E-state index contributed by atoms with van der Waals surface area (Å²) in [4.78, 5) is 33.3. The monoisotopic (exact) mass is 335 g/mol. The van der Waals surface area contributed by atoms with Crippen molar-refractivity contribution in [1.82, 2.24) is 9.88 Å². The molecular weight excluding hydrogens is 314 g/mol. The Hall–Kier alpha value is -2.69. The van der Waals surface area contributed by atoms with Crippen LogP contribution in [0.15, 0.2) is 48.8 Å². The van der Waals surface area contributed by atoms with Gasteiger partial charge in [-0.3, -0.25) is 19.5 Å². The number of rotatable bonds is 4. The van der Waals surface area contributed by atoms with Gasteiger partial charge in [-0.25, -0.2) is 0 Å². The molecule has 1 aromatic heterocycles. The topological polar surface area (TPSA) is 53.5 Å². The number of para-hydroxylation sites is 1. The fourth-order valence-electron chi connectivity index (χ4n) is 3.63. The second kappa shape index (κ2) is 6.31. The highest BCUT2D eigenvalue weighted by atomic mass is 16.2. The molecule has 2 heterocycles. The molecule has 0 radical (unpaired) electrons. The van der Waals surface area contributed by atoms with Crippen LogP contribution in [-0.4, -0.2) is 33.8 Å². The van der Waals surface area contributed by atoms with Crippen molar-refractivity contribution < 1.29 is 9.59 Å². The maximum atomic E-state index is 13.3. The van der Waals surface area contributed by atoms with Crippen LogP contribution < -0.4 is 4.90 Å². The lowest BCUT2D eigenvalue weighted by Crippen LogP contribution is -2.49. The zero-order chi connectivity index (χ0) is 17.4. The third-order valence-electron chi connectivity index (χ3n) is 4.95. The Labute approximate surface area is 147 Å². The Kier molecular flexibility index (Phi) is 3.99. The summed E-state index contributed by atoms with van der Waals surface area (Å²) < 4.78 is 0. The molecule has 1 aliphatic heterocycles. The van der Waals surface area contributed by atoms with Crippen LogP contribution in [0.2, 0.25) is 0 Å². The summed E-state index contributed by atoms with van der Waals surface area (Å²) in [5.41, 5.74) is 2.95. The van der Waals surface area contributed by atoms with E-state index < -0.39 is 6.04 Å². The minimum Gasteiger partial charge on any atom is -0.334 e. The van der Waals surface area contributed by atoms with Crippen LogP contribution in [0.4, 0.5) is 5.69 Å². The average molecular weight is 335 g/mol. The predicted molar refractivity (Wildman–Crippen MR) is 94.9 cm³/mol. The van der Waals surface area contributed by atoms with Crippen LogP contribution in [0.3, 0.4) is 0 Å². The average Bonchev–Trinajstić information content (AvgIpc) is 3.38. The van der Waals surface area contributed by atoms with Crippen molar-refractivity contribution in [1.29, 1.82) is 0 Å². The van der Waals surface area contributed by atoms with E-state index in [0.717, 1.165) is 29.7 Å². The molecule has 0 saturated heterocycles. The summed E-state index contributed by atoms with van der Waals surface area (Å²) in [7, 11) is 0. The Balaban J connectivity index is 1.61. The van der Waals surface area contributed by atoms with Crippen LogP contribution in [0.5, 0.6) is 0 Å². The molecule has 1 aliphatic carbocycles. The highest BCUT2D eigenvalue weighted by Gasteiger charge is 2.42. The maximum Gasteiger partial charge on any atom is 0.246 e. The molecule has 5 heteroatoms. The number of fused-ring (bicyclic) bond motifs is 1. The molecule has 5 nitrogen and oxygen atoms in total. The first-order valence-corrected chi connectivity index (χ1v) is 8.72. The van der Waals surface area contributed by atoms with Gasteiger partial charge in [0, 0.05) is 44.0 Å². The first-order valence-electron chi connectivity index (χ1n) is 8.72. The zero-order valence-corrected chi connectivity index (χ0v) is 14.3. The quantitative estimate of drug-likeness (QED) is 0.863. The molecule has 1 fully saturated rings. The van der Waals surface area contributed by atoms with E-state index in [-0.39, 0.29) is 17.9 Å². The summed E-state index contributed by atoms with van der Waals surface area (Å²) in [5.74, 6) is -0.0434. The number of aromatic nitrogens is 1. The summed E-state index contributed by atoms with van der Waals surface area (Å²) in [6.07, 6.45) is 6.19. The number of hydrogen-bond donors (Lipinski definition) is 0. The van der Waals surface area contributed by atoms with E-state index in [1.54, 1.807) is 17.3 Å². The van der Waals surface area contributed by atoms with Gasteiger partial charge in [0.2, 0.25) is 11.8 Å². The fourth-order valence-corrected chi connectivity index (χ4v) is 3.63. The summed E-state index contributed by atoms with van der Waals surface area (Å²) in [6, 6.07) is 11.5. The number of nitrogens with zero attached hydrogens (tertiary/aromatic N) is 3. The highest BCUT2D eigenvalue weighted by Crippen LogP contribution is 2.36. The van der Waals surface area contributed by atoms with E-state index in [1.165, 1.54) is 6.92 Å². The second-order valence-electron chi connectivity index (χ2n) is 6.80. The van der Waals surface area contributed by atoms with Crippen molar-refractivity contribution in [3.05, 3.63) is 59.9 Å². The van der Waals surface area contributed by atoms with Crippen LogP contribution in [0.1, 0.15) is 30.9 Å². The van der Waals surface area contributed by atoms with Crippen molar-refractivity contribution in [2.75, 3.05) is 4.90 Å². The van der Waals surface area contributed by atoms with E-state index in [0.29, 0.717) is 13.0 Å². The van der Waals surface area contributed by atoms with E-state index >= 15 is 0 Å². The molecule has 0 spiro atoms. The molecule has 1 aromatic carbocycles. The number of hydrogen-bond acceptors (Lipinski definition) is 3. The highest BCUT2D eigenvalue weighted by molar-refractivity contribution is 6.02. The normalized spacial score (nSPS) is 18.8. The lowest BCUT2D eigenvalue weighted by atomic mass is 10.1. The largest absolute Gasteiger partial charge is 0.334 e. The number of amides is 2. The van der Waals surface area contributed by atoms with Crippen molar-refractivity contribution >= 4 is 17.5 Å². The standard InChI is InChI=1S/C20H21N3O2/c1-14(24)23-18-7-3-2-6-16(18)11-19(23)20(25)22(17-8-9-17)13-15-5-4-10-21-12-15/h2-7,10,12,17,19H,8-9,11,13H2,1H3/t19-/m0/s1. The van der Waals surface area contributed by atoms with Gasteiger partial charge in [0.25, 0.3) is 0 Å². The Morgan fingerprint density at radius 2 is 2.00 bits per heavy atom. The molecular formula is C20H21N3O2. The lowest BCUT2D eigenvalue weighted by Gasteiger charge is -2.30. The molecule has 0 N–H and O–H groups in total. The van der Waals surface area contributed by atoms with Gasteiger partial charge in [0.05, 0.1) is 0 Å². The van der Waals surface area contributed by atoms with Gasteiger partial charge in [-0.05, 0) is 36.1 Å². The second-order valence-corrected chi connectivity index (χ2v) is 6.80. The molecule has 0 unspecified atom stereocenters. The molecule has 2 amide bonds. The molecule has 2 aromatic rings. The van der Waals surface area contributed by atoms with Crippen molar-refractivity contribution in [2.24, 2.45) is 0 Å². The maximum absolute atomic E-state index is 13.3. The molecule has 2 aliphatic rings. The molecule has 128 valence electrons. The molecule has 25 heavy (non-hydrogen) atoms. The van der Waals surface area contributed by atoms with Gasteiger partial charge < -0.3 is 4.90 Å². The van der Waals surface area contributed by atoms with E-state index in [4.69, 9.17) is 0 Å². The van der Waals surface area contributed by atoms with Crippen LogP contribution >= 0.6 is 0 Å². The van der Waals surface area contributed by atoms with Gasteiger partial charge in [0.15, 0.2) is 0 Å². The molecule has 1 saturated carbocycles. The van der Waals surface area contributed by atoms with Gasteiger partial charge in [-0.15, -0.1) is 0 Å². The molecule has 1 atom stereocenters. The SMILES string of the molecule is CC(=O)N1c2ccccc2C[C@H]1C(=O)N(Cc1cccnc1)C1CC1. The third kappa shape index (κ3) is 3.02. The van der Waals surface area contributed by atoms with Crippen molar-refractivity contribution in [2.45, 2.75) is 44.8 Å². The van der Waals surface area contributed by atoms with E-state index in [2.05, 4.69) is 4.98 Å². The number of pyridine rings is 1. The number of carbonyl (C=O) groups excluding carboxylic acids is 2. The fraction of sp³-hybridized carbons (Fsp3) is 0.350. The third-order valence-corrected chi connectivity index (χ3v) is 4.95. The smallest absolute Gasteiger partial charge is 0.246 e. The van der Waals surface area contributed by atoms with Gasteiger partial charge >= 0.3 is 0 Å². The number of anilines is 1. The Morgan fingerprint density at radius 3 is 2.68 bits per heavy atom. The first-order chi connectivity index (χ1) is 12.1. The minimum atomic E-state index is -0.438. The number of benzene rings is 1. The van der Waals surface area contributed by atoms with Crippen LogP contribution in [0.25, 0.3) is 0 Å². The zero-order valence-electron chi connectivity index (χ0n) is 14.3. The Bertz CT molecular complexity index is 802. The number of carbonyl (C=O) groups is 2. The van der Waals surface area contributed by atoms with Gasteiger partial charge in [-0.1, -0.05) is 24.3 Å². The summed E-state index contributed by atoms with van der Waals surface area (Å²) in [5, 5.41) is 0. The predicted octanol–water partition coefficient (Wildman–Crippen LogP) is 2.55. The van der Waals surface area contributed by atoms with Crippen LogP contribution in [-0.2, 0) is 22.6 Å². The summed E-state index contributed by atoms with van der Waals surface area (Å²) in [6.45, 7) is 2.08. The van der Waals surface area contributed by atoms with E-state index in [1.807, 2.05) is 41.3 Å². The lowest BCUT2D eigenvalue weighted by molar-refractivity contribution is -0.135. The van der Waals surface area contributed by atoms with Crippen LogP contribution in [0, 0.1) is 0 Å². The Morgan fingerprint density at radius 1 is 1.20 bits per heavy atom. The van der Waals surface area contributed by atoms with E-state index in [9.17, 15) is 9.59 Å². The molecule has 0 bridgehead atoms. The van der Waals surface area contributed by atoms with Gasteiger partial charge in [-0.2, -0.15) is 0 Å². The summed E-state index contributed by atoms with van der Waals surface area (Å²) >= 11 is 0. The van der Waals surface area contributed by atoms with Gasteiger partial charge in [0.1, 0.15) is 6.04 Å².